The molecule has 1 unspecified atom stereocenters. The molecule has 2 saturated heterocycles. The molecule has 23 heavy (non-hydrogen) atoms. The molecule has 4 amide bonds. The molecule has 0 radical (unpaired) electrons. The van der Waals surface area contributed by atoms with Crippen LogP contribution in [0.15, 0.2) is 24.3 Å². The molecule has 2 fully saturated rings. The summed E-state index contributed by atoms with van der Waals surface area (Å²) >= 11 is 0. The molecule has 0 saturated carbocycles. The van der Waals surface area contributed by atoms with Gasteiger partial charge in [-0.25, -0.2) is 4.79 Å². The standard InChI is InChI=1S/C16H20N4O3/c1-16(14(22)19-15(23)20-16)11-6-4-10(5-7-11)13(21)18-12-3-2-8-17-9-12/h4-7,12,17H,2-3,8-9H2,1H3,(H,18,21)(H2,19,20,22,23)/t12-,16?/m0/s1. The molecular weight excluding hydrogens is 296 g/mol. The van der Waals surface area contributed by atoms with Gasteiger partial charge in [0.25, 0.3) is 11.8 Å². The lowest BCUT2D eigenvalue weighted by atomic mass is 9.91. The molecule has 122 valence electrons. The number of benzene rings is 1. The molecule has 0 aliphatic carbocycles. The Hall–Kier alpha value is -2.41. The summed E-state index contributed by atoms with van der Waals surface area (Å²) in [5, 5.41) is 11.1. The van der Waals surface area contributed by atoms with Gasteiger partial charge in [0.15, 0.2) is 0 Å². The van der Waals surface area contributed by atoms with Gasteiger partial charge in [0.05, 0.1) is 0 Å². The first kappa shape index (κ1) is 15.5. The van der Waals surface area contributed by atoms with Gasteiger partial charge in [-0.05, 0) is 44.0 Å². The summed E-state index contributed by atoms with van der Waals surface area (Å²) in [4.78, 5) is 35.5. The average Bonchev–Trinajstić information content (AvgIpc) is 2.82. The number of amides is 4. The van der Waals surface area contributed by atoms with Crippen molar-refractivity contribution in [2.45, 2.75) is 31.3 Å². The summed E-state index contributed by atoms with van der Waals surface area (Å²) in [6, 6.07) is 6.36. The predicted molar refractivity (Wildman–Crippen MR) is 83.8 cm³/mol. The van der Waals surface area contributed by atoms with Gasteiger partial charge in [-0.3, -0.25) is 14.9 Å². The van der Waals surface area contributed by atoms with E-state index in [9.17, 15) is 14.4 Å². The molecular formula is C16H20N4O3. The van der Waals surface area contributed by atoms with Gasteiger partial charge in [0.2, 0.25) is 0 Å². The molecule has 1 aromatic carbocycles. The molecule has 7 nitrogen and oxygen atoms in total. The first-order valence-corrected chi connectivity index (χ1v) is 7.75. The van der Waals surface area contributed by atoms with Crippen molar-refractivity contribution < 1.29 is 14.4 Å². The number of carbonyl (C=O) groups is 3. The Bertz CT molecular complexity index is 637. The fourth-order valence-corrected chi connectivity index (χ4v) is 2.95. The lowest BCUT2D eigenvalue weighted by Gasteiger charge is -2.24. The van der Waals surface area contributed by atoms with Crippen molar-refractivity contribution in [3.63, 3.8) is 0 Å². The maximum Gasteiger partial charge on any atom is 0.322 e. The molecule has 0 spiro atoms. The van der Waals surface area contributed by atoms with Crippen LogP contribution in [0, 0.1) is 0 Å². The van der Waals surface area contributed by atoms with Crippen molar-refractivity contribution in [3.8, 4) is 0 Å². The molecule has 2 atom stereocenters. The largest absolute Gasteiger partial charge is 0.348 e. The highest BCUT2D eigenvalue weighted by molar-refractivity contribution is 6.07. The summed E-state index contributed by atoms with van der Waals surface area (Å²) in [5.41, 5.74) is 0.0729. The van der Waals surface area contributed by atoms with E-state index in [0.717, 1.165) is 25.9 Å². The van der Waals surface area contributed by atoms with Crippen LogP contribution in [0.2, 0.25) is 0 Å². The molecule has 7 heteroatoms. The van der Waals surface area contributed by atoms with Crippen LogP contribution in [-0.4, -0.2) is 37.0 Å². The van der Waals surface area contributed by atoms with E-state index in [2.05, 4.69) is 21.3 Å². The van der Waals surface area contributed by atoms with Gasteiger partial charge in [-0.2, -0.15) is 0 Å². The maximum absolute atomic E-state index is 12.3. The summed E-state index contributed by atoms with van der Waals surface area (Å²) in [6.07, 6.45) is 2.03. The summed E-state index contributed by atoms with van der Waals surface area (Å²) < 4.78 is 0. The van der Waals surface area contributed by atoms with Crippen molar-refractivity contribution in [1.82, 2.24) is 21.3 Å². The first-order valence-electron chi connectivity index (χ1n) is 7.75. The average molecular weight is 316 g/mol. The lowest BCUT2D eigenvalue weighted by molar-refractivity contribution is -0.123. The second-order valence-corrected chi connectivity index (χ2v) is 6.13. The summed E-state index contributed by atoms with van der Waals surface area (Å²) in [6.45, 7) is 3.41. The van der Waals surface area contributed by atoms with Crippen LogP contribution in [0.1, 0.15) is 35.7 Å². The smallest absolute Gasteiger partial charge is 0.322 e. The second kappa shape index (κ2) is 6.00. The van der Waals surface area contributed by atoms with Crippen LogP contribution >= 0.6 is 0 Å². The van der Waals surface area contributed by atoms with E-state index in [1.54, 1.807) is 31.2 Å². The molecule has 2 heterocycles. The second-order valence-electron chi connectivity index (χ2n) is 6.13. The van der Waals surface area contributed by atoms with E-state index in [1.807, 2.05) is 0 Å². The third-order valence-corrected chi connectivity index (χ3v) is 4.40. The third kappa shape index (κ3) is 3.05. The van der Waals surface area contributed by atoms with Crippen LogP contribution in [0.5, 0.6) is 0 Å². The highest BCUT2D eigenvalue weighted by Crippen LogP contribution is 2.24. The monoisotopic (exact) mass is 316 g/mol. The number of piperidine rings is 1. The van der Waals surface area contributed by atoms with Gasteiger partial charge < -0.3 is 16.0 Å². The van der Waals surface area contributed by atoms with E-state index in [-0.39, 0.29) is 11.9 Å². The van der Waals surface area contributed by atoms with E-state index < -0.39 is 17.5 Å². The third-order valence-electron chi connectivity index (χ3n) is 4.40. The minimum Gasteiger partial charge on any atom is -0.348 e. The fourth-order valence-electron chi connectivity index (χ4n) is 2.95. The van der Waals surface area contributed by atoms with E-state index in [1.165, 1.54) is 0 Å². The SMILES string of the molecule is CC1(c2ccc(C(=O)N[C@H]3CCCNC3)cc2)NC(=O)NC1=O. The Labute approximate surface area is 134 Å². The molecule has 4 N–H and O–H groups in total. The van der Waals surface area contributed by atoms with Gasteiger partial charge in [-0.15, -0.1) is 0 Å². The summed E-state index contributed by atoms with van der Waals surface area (Å²) in [5.74, 6) is -0.525. The van der Waals surface area contributed by atoms with Crippen LogP contribution in [0.4, 0.5) is 4.79 Å². The Kier molecular flexibility index (Phi) is 4.04. The zero-order chi connectivity index (χ0) is 16.4. The number of hydrogen-bond acceptors (Lipinski definition) is 4. The Morgan fingerprint density at radius 2 is 2.00 bits per heavy atom. The fraction of sp³-hybridized carbons (Fsp3) is 0.438. The van der Waals surface area contributed by atoms with Crippen LogP contribution in [0.3, 0.4) is 0 Å². The van der Waals surface area contributed by atoms with Crippen molar-refractivity contribution >= 4 is 17.8 Å². The van der Waals surface area contributed by atoms with E-state index >= 15 is 0 Å². The zero-order valence-electron chi connectivity index (χ0n) is 12.9. The topological polar surface area (TPSA) is 99.3 Å². The van der Waals surface area contributed by atoms with Gasteiger partial charge >= 0.3 is 6.03 Å². The molecule has 0 aromatic heterocycles. The lowest BCUT2D eigenvalue weighted by Crippen LogP contribution is -2.45. The maximum atomic E-state index is 12.3. The molecule has 2 aliphatic rings. The van der Waals surface area contributed by atoms with Gasteiger partial charge in [0.1, 0.15) is 5.54 Å². The van der Waals surface area contributed by atoms with Crippen LogP contribution in [-0.2, 0) is 10.3 Å². The van der Waals surface area contributed by atoms with Crippen LogP contribution in [0.25, 0.3) is 0 Å². The summed E-state index contributed by atoms with van der Waals surface area (Å²) in [7, 11) is 0. The minimum atomic E-state index is -1.10. The zero-order valence-corrected chi connectivity index (χ0v) is 12.9. The molecule has 3 rings (SSSR count). The molecule has 0 bridgehead atoms. The first-order chi connectivity index (χ1) is 11.0. The number of nitrogens with one attached hydrogen (secondary N) is 4. The number of rotatable bonds is 3. The quantitative estimate of drug-likeness (QED) is 0.600. The van der Waals surface area contributed by atoms with Crippen molar-refractivity contribution in [2.75, 3.05) is 13.1 Å². The van der Waals surface area contributed by atoms with Crippen molar-refractivity contribution in [1.29, 1.82) is 0 Å². The van der Waals surface area contributed by atoms with Gasteiger partial charge in [-0.1, -0.05) is 12.1 Å². The normalized spacial score (nSPS) is 27.3. The van der Waals surface area contributed by atoms with Crippen molar-refractivity contribution in [2.24, 2.45) is 0 Å². The number of carbonyl (C=O) groups excluding carboxylic acids is 3. The van der Waals surface area contributed by atoms with Gasteiger partial charge in [0, 0.05) is 18.2 Å². The van der Waals surface area contributed by atoms with E-state index in [0.29, 0.717) is 11.1 Å². The Morgan fingerprint density at radius 1 is 1.26 bits per heavy atom. The van der Waals surface area contributed by atoms with Crippen LogP contribution < -0.4 is 21.3 Å². The predicted octanol–water partition coefficient (Wildman–Crippen LogP) is 0.223. The molecule has 2 aliphatic heterocycles. The van der Waals surface area contributed by atoms with Crippen molar-refractivity contribution in [3.05, 3.63) is 35.4 Å². The Balaban J connectivity index is 1.70. The highest BCUT2D eigenvalue weighted by Gasteiger charge is 2.43. The number of imide groups is 1. The number of hydrogen-bond donors (Lipinski definition) is 4. The minimum absolute atomic E-state index is 0.129. The number of urea groups is 1. The highest BCUT2D eigenvalue weighted by atomic mass is 16.2. The molecule has 1 aromatic rings. The Morgan fingerprint density at radius 3 is 2.57 bits per heavy atom. The van der Waals surface area contributed by atoms with E-state index in [4.69, 9.17) is 0 Å².